The van der Waals surface area contributed by atoms with Gasteiger partial charge in [-0.1, -0.05) is 20.8 Å². The van der Waals surface area contributed by atoms with Crippen molar-refractivity contribution in [3.63, 3.8) is 0 Å². The molecule has 14 heavy (non-hydrogen) atoms. The van der Waals surface area contributed by atoms with E-state index in [9.17, 15) is 8.42 Å². The summed E-state index contributed by atoms with van der Waals surface area (Å²) in [7, 11) is -2.80. The van der Waals surface area contributed by atoms with Crippen molar-refractivity contribution < 1.29 is 8.42 Å². The molecule has 0 bridgehead atoms. The lowest BCUT2D eigenvalue weighted by atomic mass is 9.68. The van der Waals surface area contributed by atoms with Gasteiger partial charge in [0, 0.05) is 6.26 Å². The molecule has 84 valence electrons. The molecule has 1 aliphatic rings. The van der Waals surface area contributed by atoms with E-state index < -0.39 is 9.84 Å². The van der Waals surface area contributed by atoms with Crippen LogP contribution in [0.15, 0.2) is 0 Å². The Morgan fingerprint density at radius 3 is 1.93 bits per heavy atom. The van der Waals surface area contributed by atoms with Crippen LogP contribution in [0.25, 0.3) is 0 Å². The zero-order valence-corrected chi connectivity index (χ0v) is 10.5. The highest BCUT2D eigenvalue weighted by Gasteiger charge is 2.36. The van der Waals surface area contributed by atoms with Gasteiger partial charge in [0.1, 0.15) is 9.84 Å². The number of hydrogen-bond acceptors (Lipinski definition) is 2. The first-order valence-corrected chi connectivity index (χ1v) is 7.40. The fourth-order valence-corrected chi connectivity index (χ4v) is 3.35. The Kier molecular flexibility index (Phi) is 3.30. The molecule has 0 unspecified atom stereocenters. The predicted octanol–water partition coefficient (Wildman–Crippen LogP) is 2.64. The Morgan fingerprint density at radius 1 is 1.21 bits per heavy atom. The Hall–Kier alpha value is -0.0500. The molecule has 2 nitrogen and oxygen atoms in total. The third kappa shape index (κ3) is 2.50. The van der Waals surface area contributed by atoms with Crippen LogP contribution in [0.3, 0.4) is 0 Å². The van der Waals surface area contributed by atoms with Crippen LogP contribution in [0.4, 0.5) is 0 Å². The van der Waals surface area contributed by atoms with E-state index in [1.807, 2.05) is 0 Å². The summed E-state index contributed by atoms with van der Waals surface area (Å²) in [5, 5.41) is -0.0747. The van der Waals surface area contributed by atoms with E-state index in [-0.39, 0.29) is 5.25 Å². The molecule has 0 aromatic heterocycles. The SMILES string of the molecule is CC(C)C1(C)CCC(S(C)(=O)=O)CC1. The highest BCUT2D eigenvalue weighted by atomic mass is 32.2. The van der Waals surface area contributed by atoms with Gasteiger partial charge in [-0.3, -0.25) is 0 Å². The lowest BCUT2D eigenvalue weighted by molar-refractivity contribution is 0.144. The summed E-state index contributed by atoms with van der Waals surface area (Å²) in [5.74, 6) is 0.656. The first-order valence-electron chi connectivity index (χ1n) is 5.44. The Morgan fingerprint density at radius 2 is 1.64 bits per heavy atom. The maximum absolute atomic E-state index is 11.4. The highest BCUT2D eigenvalue weighted by molar-refractivity contribution is 7.91. The van der Waals surface area contributed by atoms with Crippen molar-refractivity contribution in [2.45, 2.75) is 51.7 Å². The molecule has 0 heterocycles. The second-order valence-electron chi connectivity index (χ2n) is 5.34. The zero-order chi connectivity index (χ0) is 11.0. The van der Waals surface area contributed by atoms with E-state index in [1.165, 1.54) is 6.26 Å². The molecule has 0 atom stereocenters. The van der Waals surface area contributed by atoms with E-state index >= 15 is 0 Å². The molecule has 0 aromatic carbocycles. The summed E-state index contributed by atoms with van der Waals surface area (Å²) in [5.41, 5.74) is 0.362. The van der Waals surface area contributed by atoms with E-state index in [2.05, 4.69) is 20.8 Å². The summed E-state index contributed by atoms with van der Waals surface area (Å²) in [4.78, 5) is 0. The monoisotopic (exact) mass is 218 g/mol. The summed E-state index contributed by atoms with van der Waals surface area (Å²) >= 11 is 0. The zero-order valence-electron chi connectivity index (χ0n) is 9.71. The minimum Gasteiger partial charge on any atom is -0.229 e. The number of rotatable bonds is 2. The van der Waals surface area contributed by atoms with Crippen LogP contribution >= 0.6 is 0 Å². The fourth-order valence-electron chi connectivity index (χ4n) is 2.26. The van der Waals surface area contributed by atoms with Crippen molar-refractivity contribution in [3.8, 4) is 0 Å². The maximum Gasteiger partial charge on any atom is 0.150 e. The standard InChI is InChI=1S/C11H22O2S/c1-9(2)11(3)7-5-10(6-8-11)14(4,12)13/h9-10H,5-8H2,1-4H3. The molecule has 1 aliphatic carbocycles. The molecule has 0 amide bonds. The summed E-state index contributed by atoms with van der Waals surface area (Å²) in [6, 6.07) is 0. The van der Waals surface area contributed by atoms with Crippen LogP contribution in [0.2, 0.25) is 0 Å². The smallest absolute Gasteiger partial charge is 0.150 e. The van der Waals surface area contributed by atoms with Crippen molar-refractivity contribution in [1.29, 1.82) is 0 Å². The largest absolute Gasteiger partial charge is 0.229 e. The average molecular weight is 218 g/mol. The van der Waals surface area contributed by atoms with Crippen molar-refractivity contribution in [2.24, 2.45) is 11.3 Å². The van der Waals surface area contributed by atoms with Gasteiger partial charge in [-0.05, 0) is 37.0 Å². The molecular formula is C11H22O2S. The Labute approximate surface area is 88.0 Å². The van der Waals surface area contributed by atoms with E-state index in [0.717, 1.165) is 25.7 Å². The number of hydrogen-bond donors (Lipinski definition) is 0. The molecule has 1 saturated carbocycles. The molecule has 0 saturated heterocycles. The van der Waals surface area contributed by atoms with Crippen LogP contribution in [0.5, 0.6) is 0 Å². The van der Waals surface area contributed by atoms with Gasteiger partial charge in [-0.2, -0.15) is 0 Å². The normalized spacial score (nSPS) is 34.8. The van der Waals surface area contributed by atoms with Gasteiger partial charge in [-0.25, -0.2) is 8.42 Å². The van der Waals surface area contributed by atoms with Crippen LogP contribution in [-0.4, -0.2) is 19.9 Å². The van der Waals surface area contributed by atoms with Crippen molar-refractivity contribution in [1.82, 2.24) is 0 Å². The van der Waals surface area contributed by atoms with E-state index in [0.29, 0.717) is 11.3 Å². The second-order valence-corrected chi connectivity index (χ2v) is 7.66. The topological polar surface area (TPSA) is 34.1 Å². The first kappa shape index (κ1) is 12.0. The molecule has 0 spiro atoms. The van der Waals surface area contributed by atoms with Crippen molar-refractivity contribution >= 4 is 9.84 Å². The summed E-state index contributed by atoms with van der Waals surface area (Å²) in [6.07, 6.45) is 5.20. The molecule has 3 heteroatoms. The van der Waals surface area contributed by atoms with Gasteiger partial charge < -0.3 is 0 Å². The molecule has 0 N–H and O–H groups in total. The molecule has 0 radical (unpaired) electrons. The van der Waals surface area contributed by atoms with Gasteiger partial charge >= 0.3 is 0 Å². The second kappa shape index (κ2) is 3.84. The minimum atomic E-state index is -2.80. The lowest BCUT2D eigenvalue weighted by Crippen LogP contribution is -2.34. The maximum atomic E-state index is 11.4. The van der Waals surface area contributed by atoms with Gasteiger partial charge in [0.25, 0.3) is 0 Å². The fraction of sp³-hybridized carbons (Fsp3) is 1.00. The van der Waals surface area contributed by atoms with Crippen LogP contribution in [0, 0.1) is 11.3 Å². The quantitative estimate of drug-likeness (QED) is 0.714. The third-order valence-corrected chi connectivity index (χ3v) is 5.76. The number of sulfone groups is 1. The molecule has 0 aromatic rings. The van der Waals surface area contributed by atoms with Gasteiger partial charge in [0.2, 0.25) is 0 Å². The highest BCUT2D eigenvalue weighted by Crippen LogP contribution is 2.43. The molecule has 1 fully saturated rings. The van der Waals surface area contributed by atoms with E-state index in [4.69, 9.17) is 0 Å². The minimum absolute atomic E-state index is 0.0747. The predicted molar refractivity (Wildman–Crippen MR) is 60.0 cm³/mol. The van der Waals surface area contributed by atoms with Crippen LogP contribution in [-0.2, 0) is 9.84 Å². The van der Waals surface area contributed by atoms with Crippen LogP contribution in [0.1, 0.15) is 46.5 Å². The summed E-state index contributed by atoms with van der Waals surface area (Å²) < 4.78 is 22.7. The van der Waals surface area contributed by atoms with Crippen LogP contribution < -0.4 is 0 Å². The average Bonchev–Trinajstić information content (AvgIpc) is 2.03. The van der Waals surface area contributed by atoms with Gasteiger partial charge in [-0.15, -0.1) is 0 Å². The first-order chi connectivity index (χ1) is 6.26. The van der Waals surface area contributed by atoms with Gasteiger partial charge in [0.15, 0.2) is 0 Å². The Balaban J connectivity index is 2.63. The van der Waals surface area contributed by atoms with E-state index in [1.54, 1.807) is 0 Å². The third-order valence-electron chi connectivity index (χ3n) is 4.07. The van der Waals surface area contributed by atoms with Gasteiger partial charge in [0.05, 0.1) is 5.25 Å². The summed E-state index contributed by atoms with van der Waals surface area (Å²) in [6.45, 7) is 6.76. The van der Waals surface area contributed by atoms with Crippen molar-refractivity contribution in [2.75, 3.05) is 6.26 Å². The lowest BCUT2D eigenvalue weighted by Gasteiger charge is -2.40. The van der Waals surface area contributed by atoms with Crippen molar-refractivity contribution in [3.05, 3.63) is 0 Å². The molecule has 1 rings (SSSR count). The Bertz CT molecular complexity index is 282. The molecule has 0 aliphatic heterocycles. The molecular weight excluding hydrogens is 196 g/mol.